The van der Waals surface area contributed by atoms with E-state index in [1.165, 1.54) is 57.8 Å². The number of hydrogen-bond acceptors (Lipinski definition) is 4. The Morgan fingerprint density at radius 3 is 1.50 bits per heavy atom. The summed E-state index contributed by atoms with van der Waals surface area (Å²) >= 11 is 0. The van der Waals surface area contributed by atoms with Crippen LogP contribution in [0.2, 0.25) is 0 Å². The van der Waals surface area contributed by atoms with Gasteiger partial charge in [0.1, 0.15) is 5.78 Å². The van der Waals surface area contributed by atoms with Crippen LogP contribution in [0.15, 0.2) is 0 Å². The largest absolute Gasteiger partial charge is 0.397 e. The number of carbonyl (C=O) groups is 1. The van der Waals surface area contributed by atoms with Crippen LogP contribution in [0.5, 0.6) is 0 Å². The molecule has 0 amide bonds. The van der Waals surface area contributed by atoms with Crippen molar-refractivity contribution in [3.63, 3.8) is 0 Å². The minimum atomic E-state index is -4.26. The molecule has 5 nitrogen and oxygen atoms in total. The molecule has 0 aliphatic carbocycles. The summed E-state index contributed by atoms with van der Waals surface area (Å²) in [5.74, 6) is 0.390. The van der Waals surface area contributed by atoms with Gasteiger partial charge in [0.25, 0.3) is 0 Å². The van der Waals surface area contributed by atoms with Gasteiger partial charge < -0.3 is 0 Å². The molecule has 0 aromatic heterocycles. The molecule has 0 saturated carbocycles. The Labute approximate surface area is 148 Å². The first-order chi connectivity index (χ1) is 11.5. The molecule has 0 aromatic rings. The van der Waals surface area contributed by atoms with E-state index in [2.05, 4.69) is 4.18 Å². The second-order valence-electron chi connectivity index (χ2n) is 6.49. The fourth-order valence-electron chi connectivity index (χ4n) is 2.71. The summed E-state index contributed by atoms with van der Waals surface area (Å²) in [6, 6.07) is 0. The monoisotopic (exact) mass is 364 g/mol. The van der Waals surface area contributed by atoms with Crippen molar-refractivity contribution in [1.29, 1.82) is 0 Å². The minimum absolute atomic E-state index is 0.0748. The van der Waals surface area contributed by atoms with Gasteiger partial charge in [0, 0.05) is 12.8 Å². The average molecular weight is 365 g/mol. The Balaban J connectivity index is 3.09. The lowest BCUT2D eigenvalue weighted by Crippen LogP contribution is -2.04. The molecule has 24 heavy (non-hydrogen) atoms. The Hall–Kier alpha value is -0.460. The topological polar surface area (TPSA) is 80.7 Å². The van der Waals surface area contributed by atoms with E-state index in [1.54, 1.807) is 0 Å². The second kappa shape index (κ2) is 16.0. The van der Waals surface area contributed by atoms with Crippen LogP contribution < -0.4 is 0 Å². The highest BCUT2D eigenvalue weighted by molar-refractivity contribution is 7.80. The minimum Gasteiger partial charge on any atom is -0.300 e. The number of rotatable bonds is 18. The van der Waals surface area contributed by atoms with Crippen molar-refractivity contribution in [3.8, 4) is 0 Å². The summed E-state index contributed by atoms with van der Waals surface area (Å²) in [4.78, 5) is 11.1. The maximum absolute atomic E-state index is 11.1. The summed E-state index contributed by atoms with van der Waals surface area (Å²) in [6.45, 7) is 2.01. The lowest BCUT2D eigenvalue weighted by molar-refractivity contribution is -0.118. The number of ketones is 1. The van der Waals surface area contributed by atoms with Crippen molar-refractivity contribution in [2.45, 2.75) is 103 Å². The molecule has 144 valence electrons. The van der Waals surface area contributed by atoms with E-state index in [4.69, 9.17) is 4.55 Å². The molecule has 0 unspecified atom stereocenters. The zero-order valence-corrected chi connectivity index (χ0v) is 16.1. The van der Waals surface area contributed by atoms with E-state index in [0.29, 0.717) is 18.6 Å². The predicted octanol–water partition coefficient (Wildman–Crippen LogP) is 5.25. The van der Waals surface area contributed by atoms with Crippen molar-refractivity contribution < 1.29 is 21.9 Å². The Morgan fingerprint density at radius 1 is 0.750 bits per heavy atom. The molecular weight excluding hydrogens is 328 g/mol. The van der Waals surface area contributed by atoms with Gasteiger partial charge in [0.15, 0.2) is 0 Å². The summed E-state index contributed by atoms with van der Waals surface area (Å²) in [7, 11) is -4.26. The van der Waals surface area contributed by atoms with Crippen LogP contribution in [-0.4, -0.2) is 25.4 Å². The van der Waals surface area contributed by atoms with Crippen LogP contribution in [0, 0.1) is 0 Å². The maximum Gasteiger partial charge on any atom is 0.397 e. The van der Waals surface area contributed by atoms with E-state index in [-0.39, 0.29) is 6.61 Å². The summed E-state index contributed by atoms with van der Waals surface area (Å²) in [6.07, 6.45) is 16.5. The number of carbonyl (C=O) groups excluding carboxylic acids is 1. The van der Waals surface area contributed by atoms with Crippen molar-refractivity contribution >= 4 is 16.2 Å². The first kappa shape index (κ1) is 23.5. The van der Waals surface area contributed by atoms with Crippen molar-refractivity contribution in [2.75, 3.05) is 6.61 Å². The van der Waals surface area contributed by atoms with Gasteiger partial charge in [-0.15, -0.1) is 0 Å². The van der Waals surface area contributed by atoms with Crippen molar-refractivity contribution in [1.82, 2.24) is 0 Å². The van der Waals surface area contributed by atoms with Crippen molar-refractivity contribution in [3.05, 3.63) is 0 Å². The van der Waals surface area contributed by atoms with E-state index in [0.717, 1.165) is 25.7 Å². The van der Waals surface area contributed by atoms with E-state index >= 15 is 0 Å². The third-order valence-corrected chi connectivity index (χ3v) is 4.69. The van der Waals surface area contributed by atoms with Crippen LogP contribution in [0.3, 0.4) is 0 Å². The van der Waals surface area contributed by atoms with Gasteiger partial charge in [-0.25, -0.2) is 4.18 Å². The van der Waals surface area contributed by atoms with E-state index in [1.807, 2.05) is 6.92 Å². The normalized spacial score (nSPS) is 11.8. The molecule has 0 heterocycles. The standard InChI is InChI=1S/C18H36O5S/c1-2-18(19)16-14-12-10-8-6-4-3-5-7-9-11-13-15-17-23-24(20,21)22/h2-17H2,1H3,(H,20,21,22). The molecule has 0 aromatic carbocycles. The highest BCUT2D eigenvalue weighted by atomic mass is 32.3. The molecule has 0 saturated heterocycles. The van der Waals surface area contributed by atoms with Gasteiger partial charge in [-0.1, -0.05) is 77.6 Å². The second-order valence-corrected chi connectivity index (χ2v) is 7.58. The predicted molar refractivity (Wildman–Crippen MR) is 97.4 cm³/mol. The highest BCUT2D eigenvalue weighted by Crippen LogP contribution is 2.13. The lowest BCUT2D eigenvalue weighted by atomic mass is 10.0. The molecule has 0 radical (unpaired) electrons. The molecule has 6 heteroatoms. The fourth-order valence-corrected chi connectivity index (χ4v) is 3.04. The Morgan fingerprint density at radius 2 is 1.12 bits per heavy atom. The van der Waals surface area contributed by atoms with Crippen LogP contribution in [0.1, 0.15) is 103 Å². The number of unbranched alkanes of at least 4 members (excludes halogenated alkanes) is 12. The lowest BCUT2D eigenvalue weighted by Gasteiger charge is -2.03. The first-order valence-electron chi connectivity index (χ1n) is 9.59. The van der Waals surface area contributed by atoms with E-state index in [9.17, 15) is 13.2 Å². The molecule has 0 bridgehead atoms. The summed E-state index contributed by atoms with van der Waals surface area (Å²) < 4.78 is 33.3. The molecule has 0 aliphatic heterocycles. The Kier molecular flexibility index (Phi) is 15.7. The molecule has 0 atom stereocenters. The molecule has 1 N–H and O–H groups in total. The average Bonchev–Trinajstić information content (AvgIpc) is 2.53. The van der Waals surface area contributed by atoms with Crippen molar-refractivity contribution in [2.24, 2.45) is 0 Å². The number of Topliss-reactive ketones (excluding diaryl/α,β-unsaturated/α-hetero) is 1. The highest BCUT2D eigenvalue weighted by Gasteiger charge is 2.02. The smallest absolute Gasteiger partial charge is 0.300 e. The van der Waals surface area contributed by atoms with Crippen LogP contribution in [0.4, 0.5) is 0 Å². The first-order valence-corrected chi connectivity index (χ1v) is 11.0. The van der Waals surface area contributed by atoms with Gasteiger partial charge in [-0.3, -0.25) is 9.35 Å². The van der Waals surface area contributed by atoms with Crippen LogP contribution in [0.25, 0.3) is 0 Å². The number of hydrogen-bond donors (Lipinski definition) is 1. The SMILES string of the molecule is CCC(=O)CCCCCCCCCCCCCCCOS(=O)(=O)O. The molecule has 0 spiro atoms. The molecular formula is C18H36O5S. The van der Waals surface area contributed by atoms with E-state index < -0.39 is 10.4 Å². The zero-order chi connectivity index (χ0) is 18.1. The summed E-state index contributed by atoms with van der Waals surface area (Å²) in [5.41, 5.74) is 0. The van der Waals surface area contributed by atoms with Gasteiger partial charge >= 0.3 is 10.4 Å². The molecule has 0 rings (SSSR count). The molecule has 0 fully saturated rings. The van der Waals surface area contributed by atoms with Gasteiger partial charge in [-0.05, 0) is 12.8 Å². The van der Waals surface area contributed by atoms with Gasteiger partial charge in [-0.2, -0.15) is 8.42 Å². The summed E-state index contributed by atoms with van der Waals surface area (Å²) in [5, 5.41) is 0. The molecule has 0 aliphatic rings. The fraction of sp³-hybridized carbons (Fsp3) is 0.944. The third-order valence-electron chi connectivity index (χ3n) is 4.23. The quantitative estimate of drug-likeness (QED) is 0.265. The zero-order valence-electron chi connectivity index (χ0n) is 15.3. The van der Waals surface area contributed by atoms with Crippen LogP contribution in [-0.2, 0) is 19.4 Å². The Bertz CT molecular complexity index is 392. The maximum atomic E-state index is 11.1. The van der Waals surface area contributed by atoms with Gasteiger partial charge in [0.05, 0.1) is 6.61 Å². The van der Waals surface area contributed by atoms with Crippen LogP contribution >= 0.6 is 0 Å². The third kappa shape index (κ3) is 19.6. The van der Waals surface area contributed by atoms with Gasteiger partial charge in [0.2, 0.25) is 0 Å².